The van der Waals surface area contributed by atoms with Crippen molar-refractivity contribution >= 4 is 5.91 Å². The molecule has 0 aromatic rings. The van der Waals surface area contributed by atoms with Gasteiger partial charge in [-0.25, -0.2) is 0 Å². The zero-order chi connectivity index (χ0) is 13.7. The number of hydrogen-bond acceptors (Lipinski definition) is 2. The molecule has 0 aromatic heterocycles. The molecule has 0 radical (unpaired) electrons. The summed E-state index contributed by atoms with van der Waals surface area (Å²) in [6.07, 6.45) is 2.87. The van der Waals surface area contributed by atoms with Gasteiger partial charge >= 0.3 is 0 Å². The molecule has 1 amide bonds. The Bertz CT molecular complexity index is 263. The molecule has 1 rings (SSSR count). The predicted molar refractivity (Wildman–Crippen MR) is 76.1 cm³/mol. The lowest BCUT2D eigenvalue weighted by Crippen LogP contribution is -2.32. The monoisotopic (exact) mass is 254 g/mol. The van der Waals surface area contributed by atoms with E-state index in [4.69, 9.17) is 5.73 Å². The molecule has 2 N–H and O–H groups in total. The van der Waals surface area contributed by atoms with Gasteiger partial charge in [0.05, 0.1) is 0 Å². The Morgan fingerprint density at radius 1 is 1.33 bits per heavy atom. The van der Waals surface area contributed by atoms with Crippen molar-refractivity contribution in [3.63, 3.8) is 0 Å². The number of hydrogen-bond donors (Lipinski definition) is 1. The summed E-state index contributed by atoms with van der Waals surface area (Å²) in [5, 5.41) is 0. The van der Waals surface area contributed by atoms with Crippen LogP contribution in [0.15, 0.2) is 0 Å². The Hall–Kier alpha value is -0.570. The smallest absolute Gasteiger partial charge is 0.222 e. The van der Waals surface area contributed by atoms with Gasteiger partial charge in [-0.2, -0.15) is 0 Å². The molecule has 3 nitrogen and oxygen atoms in total. The first kappa shape index (κ1) is 15.5. The largest absolute Gasteiger partial charge is 0.342 e. The maximum atomic E-state index is 12.2. The van der Waals surface area contributed by atoms with Gasteiger partial charge in [0.2, 0.25) is 5.91 Å². The normalized spacial score (nSPS) is 21.9. The maximum absolute atomic E-state index is 12.2. The third kappa shape index (κ3) is 4.60. The summed E-state index contributed by atoms with van der Waals surface area (Å²) in [4.78, 5) is 14.3. The average Bonchev–Trinajstić information content (AvgIpc) is 2.76. The van der Waals surface area contributed by atoms with E-state index in [1.807, 2.05) is 4.90 Å². The Morgan fingerprint density at radius 3 is 2.44 bits per heavy atom. The number of likely N-dealkylation sites (tertiary alicyclic amines) is 1. The molecule has 0 saturated carbocycles. The van der Waals surface area contributed by atoms with Crippen molar-refractivity contribution in [3.05, 3.63) is 0 Å². The Kier molecular flexibility index (Phi) is 6.13. The first-order valence-electron chi connectivity index (χ1n) is 7.41. The molecule has 1 fully saturated rings. The lowest BCUT2D eigenvalue weighted by molar-refractivity contribution is -0.131. The summed E-state index contributed by atoms with van der Waals surface area (Å²) in [6, 6.07) is 0. The van der Waals surface area contributed by atoms with Gasteiger partial charge in [0.25, 0.3) is 0 Å². The highest BCUT2D eigenvalue weighted by Crippen LogP contribution is 2.25. The van der Waals surface area contributed by atoms with E-state index in [0.29, 0.717) is 42.5 Å². The number of nitrogens with two attached hydrogens (primary N) is 1. The van der Waals surface area contributed by atoms with Crippen molar-refractivity contribution < 1.29 is 4.79 Å². The molecule has 2 unspecified atom stereocenters. The first-order valence-corrected chi connectivity index (χ1v) is 7.41. The molecule has 1 aliphatic rings. The molecule has 106 valence electrons. The summed E-state index contributed by atoms with van der Waals surface area (Å²) < 4.78 is 0. The number of carbonyl (C=O) groups is 1. The van der Waals surface area contributed by atoms with E-state index in [9.17, 15) is 4.79 Å². The molecule has 3 heteroatoms. The summed E-state index contributed by atoms with van der Waals surface area (Å²) in [5.74, 6) is 2.66. The highest BCUT2D eigenvalue weighted by Gasteiger charge is 2.28. The van der Waals surface area contributed by atoms with E-state index in [-0.39, 0.29) is 0 Å². The topological polar surface area (TPSA) is 46.3 Å². The molecular formula is C15H30N2O. The maximum Gasteiger partial charge on any atom is 0.222 e. The van der Waals surface area contributed by atoms with Crippen LogP contribution in [0.25, 0.3) is 0 Å². The van der Waals surface area contributed by atoms with E-state index in [1.54, 1.807) is 0 Å². The van der Waals surface area contributed by atoms with Gasteiger partial charge in [-0.3, -0.25) is 4.79 Å². The number of rotatable bonds is 6. The van der Waals surface area contributed by atoms with Crippen molar-refractivity contribution in [1.82, 2.24) is 4.90 Å². The van der Waals surface area contributed by atoms with Gasteiger partial charge in [0, 0.05) is 19.5 Å². The predicted octanol–water partition coefficient (Wildman–Crippen LogP) is 2.50. The molecular weight excluding hydrogens is 224 g/mol. The summed E-state index contributed by atoms with van der Waals surface area (Å²) >= 11 is 0. The second-order valence-electron chi connectivity index (χ2n) is 6.57. The molecule has 0 spiro atoms. The SMILES string of the molecule is CC(C)CC(CN)CC(=O)N1CCC(C(C)C)C1. The second kappa shape index (κ2) is 7.13. The summed E-state index contributed by atoms with van der Waals surface area (Å²) in [7, 11) is 0. The molecule has 0 bridgehead atoms. The molecule has 2 atom stereocenters. The fourth-order valence-electron chi connectivity index (χ4n) is 2.86. The van der Waals surface area contributed by atoms with Crippen LogP contribution in [-0.2, 0) is 4.79 Å². The van der Waals surface area contributed by atoms with Crippen LogP contribution in [-0.4, -0.2) is 30.4 Å². The minimum absolute atomic E-state index is 0.314. The molecule has 0 aliphatic carbocycles. The molecule has 1 saturated heterocycles. The van der Waals surface area contributed by atoms with Crippen LogP contribution in [0, 0.1) is 23.7 Å². The van der Waals surface area contributed by atoms with Crippen LogP contribution < -0.4 is 5.73 Å². The zero-order valence-electron chi connectivity index (χ0n) is 12.5. The van der Waals surface area contributed by atoms with E-state index in [1.165, 1.54) is 6.42 Å². The van der Waals surface area contributed by atoms with Gasteiger partial charge < -0.3 is 10.6 Å². The zero-order valence-corrected chi connectivity index (χ0v) is 12.5. The second-order valence-corrected chi connectivity index (χ2v) is 6.57. The van der Waals surface area contributed by atoms with Crippen molar-refractivity contribution in [2.75, 3.05) is 19.6 Å². The quantitative estimate of drug-likeness (QED) is 0.791. The first-order chi connectivity index (χ1) is 8.43. The fourth-order valence-corrected chi connectivity index (χ4v) is 2.86. The third-order valence-corrected chi connectivity index (χ3v) is 4.12. The lowest BCUT2D eigenvalue weighted by atomic mass is 9.93. The number of amides is 1. The Labute approximate surface area is 112 Å². The van der Waals surface area contributed by atoms with Crippen molar-refractivity contribution in [3.8, 4) is 0 Å². The van der Waals surface area contributed by atoms with Crippen LogP contribution in [0.4, 0.5) is 0 Å². The minimum Gasteiger partial charge on any atom is -0.342 e. The van der Waals surface area contributed by atoms with Crippen LogP contribution >= 0.6 is 0 Å². The third-order valence-electron chi connectivity index (χ3n) is 4.12. The van der Waals surface area contributed by atoms with E-state index in [0.717, 1.165) is 19.5 Å². The minimum atomic E-state index is 0.314. The highest BCUT2D eigenvalue weighted by molar-refractivity contribution is 5.76. The van der Waals surface area contributed by atoms with E-state index < -0.39 is 0 Å². The average molecular weight is 254 g/mol. The lowest BCUT2D eigenvalue weighted by Gasteiger charge is -2.22. The number of nitrogens with zero attached hydrogens (tertiary/aromatic N) is 1. The van der Waals surface area contributed by atoms with Gasteiger partial charge in [-0.1, -0.05) is 27.7 Å². The van der Waals surface area contributed by atoms with Crippen LogP contribution in [0.3, 0.4) is 0 Å². The van der Waals surface area contributed by atoms with Crippen molar-refractivity contribution in [2.45, 2.75) is 47.0 Å². The Balaban J connectivity index is 2.41. The van der Waals surface area contributed by atoms with E-state index in [2.05, 4.69) is 27.7 Å². The van der Waals surface area contributed by atoms with Crippen LogP contribution in [0.5, 0.6) is 0 Å². The van der Waals surface area contributed by atoms with Gasteiger partial charge in [-0.15, -0.1) is 0 Å². The van der Waals surface area contributed by atoms with Gasteiger partial charge in [-0.05, 0) is 43.1 Å². The van der Waals surface area contributed by atoms with Crippen LogP contribution in [0.2, 0.25) is 0 Å². The highest BCUT2D eigenvalue weighted by atomic mass is 16.2. The standard InChI is InChI=1S/C15H30N2O/c1-11(2)7-13(9-16)8-15(18)17-6-5-14(10-17)12(3)4/h11-14H,5-10,16H2,1-4H3. The summed E-state index contributed by atoms with van der Waals surface area (Å²) in [5.41, 5.74) is 5.77. The number of carbonyl (C=O) groups excluding carboxylic acids is 1. The van der Waals surface area contributed by atoms with Gasteiger partial charge in [0.1, 0.15) is 0 Å². The van der Waals surface area contributed by atoms with Crippen LogP contribution in [0.1, 0.15) is 47.0 Å². The van der Waals surface area contributed by atoms with Crippen molar-refractivity contribution in [1.29, 1.82) is 0 Å². The molecule has 1 heterocycles. The van der Waals surface area contributed by atoms with Gasteiger partial charge in [0.15, 0.2) is 0 Å². The molecule has 1 aliphatic heterocycles. The summed E-state index contributed by atoms with van der Waals surface area (Å²) in [6.45, 7) is 11.4. The molecule has 0 aromatic carbocycles. The fraction of sp³-hybridized carbons (Fsp3) is 0.933. The molecule has 18 heavy (non-hydrogen) atoms. The van der Waals surface area contributed by atoms with Crippen molar-refractivity contribution in [2.24, 2.45) is 29.4 Å². The van der Waals surface area contributed by atoms with E-state index >= 15 is 0 Å². The Morgan fingerprint density at radius 2 is 2.00 bits per heavy atom.